The van der Waals surface area contributed by atoms with Crippen molar-refractivity contribution in [3.05, 3.63) is 54.1 Å². The summed E-state index contributed by atoms with van der Waals surface area (Å²) < 4.78 is 21.3. The summed E-state index contributed by atoms with van der Waals surface area (Å²) in [7, 11) is 4.79. The molecule has 6 heteroatoms. The van der Waals surface area contributed by atoms with Gasteiger partial charge < -0.3 is 24.3 Å². The molecular formula is C19H23NO5. The first-order chi connectivity index (χ1) is 12.2. The molecule has 134 valence electrons. The zero-order valence-corrected chi connectivity index (χ0v) is 14.7. The van der Waals surface area contributed by atoms with Crippen molar-refractivity contribution in [2.24, 2.45) is 0 Å². The molecule has 0 fully saturated rings. The van der Waals surface area contributed by atoms with Gasteiger partial charge in [-0.3, -0.25) is 4.79 Å². The summed E-state index contributed by atoms with van der Waals surface area (Å²) in [6.45, 7) is 0.246. The van der Waals surface area contributed by atoms with Gasteiger partial charge in [0.2, 0.25) is 0 Å². The largest absolute Gasteiger partial charge is 0.497 e. The minimum Gasteiger partial charge on any atom is -0.497 e. The third kappa shape index (κ3) is 5.39. The number of hydrogen-bond acceptors (Lipinski definition) is 5. The molecule has 2 aromatic rings. The van der Waals surface area contributed by atoms with E-state index >= 15 is 0 Å². The van der Waals surface area contributed by atoms with Gasteiger partial charge in [-0.15, -0.1) is 0 Å². The van der Waals surface area contributed by atoms with Crippen molar-refractivity contribution in [2.75, 3.05) is 34.5 Å². The summed E-state index contributed by atoms with van der Waals surface area (Å²) >= 11 is 0. The van der Waals surface area contributed by atoms with E-state index in [0.29, 0.717) is 12.3 Å². The Morgan fingerprint density at radius 1 is 0.960 bits per heavy atom. The number of amides is 1. The average molecular weight is 345 g/mol. The van der Waals surface area contributed by atoms with Gasteiger partial charge in [0.1, 0.15) is 23.4 Å². The molecule has 1 atom stereocenters. The van der Waals surface area contributed by atoms with Gasteiger partial charge in [-0.25, -0.2) is 0 Å². The van der Waals surface area contributed by atoms with Crippen LogP contribution in [0, 0.1) is 0 Å². The summed E-state index contributed by atoms with van der Waals surface area (Å²) in [4.78, 5) is 12.0. The molecule has 1 unspecified atom stereocenters. The molecular weight excluding hydrogens is 322 g/mol. The Morgan fingerprint density at radius 3 is 2.28 bits per heavy atom. The maximum Gasteiger partial charge on any atom is 0.258 e. The molecule has 0 aliphatic heterocycles. The number of hydrogen-bond donors (Lipinski definition) is 1. The van der Waals surface area contributed by atoms with E-state index in [4.69, 9.17) is 18.9 Å². The Kier molecular flexibility index (Phi) is 7.10. The molecule has 0 saturated heterocycles. The minimum atomic E-state index is -0.305. The summed E-state index contributed by atoms with van der Waals surface area (Å²) in [5, 5.41) is 2.81. The second-order valence-corrected chi connectivity index (χ2v) is 5.23. The average Bonchev–Trinajstić information content (AvgIpc) is 2.67. The first-order valence-electron chi connectivity index (χ1n) is 7.87. The fourth-order valence-electron chi connectivity index (χ4n) is 2.33. The minimum absolute atomic E-state index is 0.0747. The third-order valence-electron chi connectivity index (χ3n) is 3.68. The first kappa shape index (κ1) is 18.6. The van der Waals surface area contributed by atoms with Gasteiger partial charge in [-0.05, 0) is 30.3 Å². The highest BCUT2D eigenvalue weighted by Gasteiger charge is 2.16. The molecule has 0 saturated carbocycles. The number of benzene rings is 2. The van der Waals surface area contributed by atoms with Crippen molar-refractivity contribution in [1.82, 2.24) is 5.32 Å². The Balaban J connectivity index is 1.85. The molecule has 0 bridgehead atoms. The first-order valence-corrected chi connectivity index (χ1v) is 7.87. The topological polar surface area (TPSA) is 66.0 Å². The lowest BCUT2D eigenvalue weighted by atomic mass is 10.1. The Labute approximate surface area is 147 Å². The van der Waals surface area contributed by atoms with Crippen molar-refractivity contribution in [3.8, 4) is 17.2 Å². The van der Waals surface area contributed by atoms with Crippen LogP contribution in [-0.4, -0.2) is 40.4 Å². The third-order valence-corrected chi connectivity index (χ3v) is 3.68. The molecule has 0 aliphatic rings. The molecule has 0 spiro atoms. The van der Waals surface area contributed by atoms with Crippen molar-refractivity contribution in [2.45, 2.75) is 6.10 Å². The maximum atomic E-state index is 12.0. The van der Waals surface area contributed by atoms with Gasteiger partial charge in [-0.2, -0.15) is 0 Å². The van der Waals surface area contributed by atoms with E-state index in [1.54, 1.807) is 45.6 Å². The van der Waals surface area contributed by atoms with E-state index < -0.39 is 0 Å². The van der Waals surface area contributed by atoms with Crippen LogP contribution in [0.15, 0.2) is 48.5 Å². The normalized spacial score (nSPS) is 11.5. The van der Waals surface area contributed by atoms with Crippen LogP contribution < -0.4 is 19.5 Å². The molecule has 0 heterocycles. The van der Waals surface area contributed by atoms with Crippen LogP contribution in [0.2, 0.25) is 0 Å². The predicted octanol–water partition coefficient (Wildman–Crippen LogP) is 2.59. The van der Waals surface area contributed by atoms with Crippen LogP contribution in [0.4, 0.5) is 0 Å². The maximum absolute atomic E-state index is 12.0. The standard InChI is InChI=1S/C19H23NO5/c1-22-14-8-10-15(11-9-14)25-13-19(21)20-12-18(24-3)16-6-4-5-7-17(16)23-2/h4-11,18H,12-13H2,1-3H3,(H,20,21). The molecule has 0 aromatic heterocycles. The van der Waals surface area contributed by atoms with Gasteiger partial charge in [0, 0.05) is 19.2 Å². The molecule has 2 rings (SSSR count). The number of ether oxygens (including phenoxy) is 4. The van der Waals surface area contributed by atoms with E-state index in [-0.39, 0.29) is 18.6 Å². The number of carbonyl (C=O) groups excluding carboxylic acids is 1. The summed E-state index contributed by atoms with van der Waals surface area (Å²) in [5.74, 6) is 1.83. The fourth-order valence-corrected chi connectivity index (χ4v) is 2.33. The van der Waals surface area contributed by atoms with Gasteiger partial charge in [0.25, 0.3) is 5.91 Å². The lowest BCUT2D eigenvalue weighted by Gasteiger charge is -2.19. The van der Waals surface area contributed by atoms with E-state index in [9.17, 15) is 4.79 Å². The fraction of sp³-hybridized carbons (Fsp3) is 0.316. The van der Waals surface area contributed by atoms with Crippen LogP contribution in [0.5, 0.6) is 17.2 Å². The predicted molar refractivity (Wildman–Crippen MR) is 94.2 cm³/mol. The Morgan fingerprint density at radius 2 is 1.64 bits per heavy atom. The van der Waals surface area contributed by atoms with Gasteiger partial charge in [0.15, 0.2) is 6.61 Å². The van der Waals surface area contributed by atoms with Crippen molar-refractivity contribution in [1.29, 1.82) is 0 Å². The number of nitrogens with one attached hydrogen (secondary N) is 1. The van der Waals surface area contributed by atoms with Crippen LogP contribution in [0.3, 0.4) is 0 Å². The van der Waals surface area contributed by atoms with E-state index in [0.717, 1.165) is 17.1 Å². The van der Waals surface area contributed by atoms with Crippen LogP contribution in [0.25, 0.3) is 0 Å². The smallest absolute Gasteiger partial charge is 0.258 e. The quantitative estimate of drug-likeness (QED) is 0.757. The highest BCUT2D eigenvalue weighted by Crippen LogP contribution is 2.26. The lowest BCUT2D eigenvalue weighted by molar-refractivity contribution is -0.123. The van der Waals surface area contributed by atoms with Crippen LogP contribution >= 0.6 is 0 Å². The van der Waals surface area contributed by atoms with E-state index in [2.05, 4.69) is 5.32 Å². The second-order valence-electron chi connectivity index (χ2n) is 5.23. The molecule has 0 radical (unpaired) electrons. The molecule has 1 N–H and O–H groups in total. The second kappa shape index (κ2) is 9.54. The number of carbonyl (C=O) groups is 1. The summed E-state index contributed by atoms with van der Waals surface area (Å²) in [6, 6.07) is 14.6. The van der Waals surface area contributed by atoms with Crippen molar-refractivity contribution >= 4 is 5.91 Å². The zero-order valence-electron chi connectivity index (χ0n) is 14.7. The Bertz CT molecular complexity index is 672. The molecule has 1 amide bonds. The van der Waals surface area contributed by atoms with Gasteiger partial charge in [-0.1, -0.05) is 18.2 Å². The zero-order chi connectivity index (χ0) is 18.1. The number of para-hydroxylation sites is 1. The van der Waals surface area contributed by atoms with Crippen LogP contribution in [0.1, 0.15) is 11.7 Å². The van der Waals surface area contributed by atoms with Gasteiger partial charge in [0.05, 0.1) is 14.2 Å². The monoisotopic (exact) mass is 345 g/mol. The molecule has 6 nitrogen and oxygen atoms in total. The Hall–Kier alpha value is -2.73. The van der Waals surface area contributed by atoms with Crippen LogP contribution in [-0.2, 0) is 9.53 Å². The number of rotatable bonds is 9. The summed E-state index contributed by atoms with van der Waals surface area (Å²) in [6.07, 6.45) is -0.305. The number of methoxy groups -OCH3 is 3. The van der Waals surface area contributed by atoms with Crippen molar-refractivity contribution < 1.29 is 23.7 Å². The molecule has 0 aliphatic carbocycles. The van der Waals surface area contributed by atoms with E-state index in [1.807, 2.05) is 24.3 Å². The van der Waals surface area contributed by atoms with Gasteiger partial charge >= 0.3 is 0 Å². The lowest BCUT2D eigenvalue weighted by Crippen LogP contribution is -2.33. The molecule has 2 aromatic carbocycles. The SMILES string of the molecule is COc1ccc(OCC(=O)NCC(OC)c2ccccc2OC)cc1. The summed E-state index contributed by atoms with van der Waals surface area (Å²) in [5.41, 5.74) is 0.879. The highest BCUT2D eigenvalue weighted by atomic mass is 16.5. The molecule has 25 heavy (non-hydrogen) atoms. The highest BCUT2D eigenvalue weighted by molar-refractivity contribution is 5.77. The van der Waals surface area contributed by atoms with Crippen molar-refractivity contribution in [3.63, 3.8) is 0 Å². The van der Waals surface area contributed by atoms with E-state index in [1.165, 1.54) is 0 Å².